The highest BCUT2D eigenvalue weighted by Gasteiger charge is 2.35. The summed E-state index contributed by atoms with van der Waals surface area (Å²) in [6, 6.07) is 19.0. The first-order valence-corrected chi connectivity index (χ1v) is 13.0. The van der Waals surface area contributed by atoms with Gasteiger partial charge in [-0.25, -0.2) is 0 Å². The largest absolute Gasteiger partial charge is 0.297 e. The number of para-hydroxylation sites is 1. The Kier molecular flexibility index (Phi) is 7.69. The molecule has 1 unspecified atom stereocenters. The third kappa shape index (κ3) is 5.61. The van der Waals surface area contributed by atoms with Gasteiger partial charge in [-0.05, 0) is 53.5 Å². The van der Waals surface area contributed by atoms with Gasteiger partial charge in [0.25, 0.3) is 0 Å². The zero-order valence-electron chi connectivity index (χ0n) is 21.5. The van der Waals surface area contributed by atoms with Crippen LogP contribution in [0.2, 0.25) is 0 Å². The maximum Gasteiger partial charge on any atom is 0.174 e. The van der Waals surface area contributed by atoms with Gasteiger partial charge in [-0.15, -0.1) is 5.10 Å². The number of nitriles is 1. The first-order chi connectivity index (χ1) is 18.1. The van der Waals surface area contributed by atoms with Gasteiger partial charge in [0.15, 0.2) is 5.82 Å². The molecule has 5 rings (SSSR count). The van der Waals surface area contributed by atoms with Crippen molar-refractivity contribution in [3.8, 4) is 11.8 Å². The lowest BCUT2D eigenvalue weighted by atomic mass is 9.88. The van der Waals surface area contributed by atoms with E-state index >= 15 is 0 Å². The molecule has 2 aromatic carbocycles. The van der Waals surface area contributed by atoms with E-state index in [0.29, 0.717) is 5.57 Å². The minimum atomic E-state index is -0.0238. The van der Waals surface area contributed by atoms with Gasteiger partial charge in [0.2, 0.25) is 0 Å². The van der Waals surface area contributed by atoms with E-state index < -0.39 is 0 Å². The van der Waals surface area contributed by atoms with Crippen molar-refractivity contribution in [3.05, 3.63) is 101 Å². The number of tetrazole rings is 1. The van der Waals surface area contributed by atoms with Gasteiger partial charge in [0.05, 0.1) is 17.8 Å². The van der Waals surface area contributed by atoms with Crippen LogP contribution < -0.4 is 0 Å². The van der Waals surface area contributed by atoms with Crippen molar-refractivity contribution in [2.24, 2.45) is 5.92 Å². The Balaban J connectivity index is 1.39. The fourth-order valence-electron chi connectivity index (χ4n) is 5.43. The molecule has 0 amide bonds. The molecule has 3 aromatic rings. The van der Waals surface area contributed by atoms with E-state index in [-0.39, 0.29) is 12.0 Å². The topological polar surface area (TPSA) is 73.9 Å². The minimum absolute atomic E-state index is 0.0238. The standard InChI is InChI=1S/C30H33N7/c1-23-9-6-10-24(2)28(23)37-30(32-33-34-37)29(27-15-7-13-26(21-27)22-31)36-19-17-35(18-20-36)16-8-14-25-11-4-3-5-12-25/h3-14,21,27,29H,15-20H2,1-2H3/b14-8+/t27?,29-/m0/s1. The summed E-state index contributed by atoms with van der Waals surface area (Å²) in [6.07, 6.45) is 11.4. The molecule has 1 aliphatic carbocycles. The zero-order chi connectivity index (χ0) is 25.6. The predicted octanol–water partition coefficient (Wildman–Crippen LogP) is 4.68. The monoisotopic (exact) mass is 491 g/mol. The molecule has 7 nitrogen and oxygen atoms in total. The summed E-state index contributed by atoms with van der Waals surface area (Å²) in [6.45, 7) is 8.90. The van der Waals surface area contributed by atoms with Crippen LogP contribution >= 0.6 is 0 Å². The fourth-order valence-corrected chi connectivity index (χ4v) is 5.43. The average molecular weight is 492 g/mol. The molecule has 0 saturated carbocycles. The lowest BCUT2D eigenvalue weighted by Crippen LogP contribution is -2.49. The lowest BCUT2D eigenvalue weighted by Gasteiger charge is -2.41. The molecular weight excluding hydrogens is 458 g/mol. The van der Waals surface area contributed by atoms with Gasteiger partial charge < -0.3 is 0 Å². The van der Waals surface area contributed by atoms with Crippen LogP contribution in [0.1, 0.15) is 35.0 Å². The van der Waals surface area contributed by atoms with Crippen molar-refractivity contribution in [1.82, 2.24) is 30.0 Å². The van der Waals surface area contributed by atoms with Crippen LogP contribution in [0.25, 0.3) is 11.8 Å². The molecule has 0 N–H and O–H groups in total. The van der Waals surface area contributed by atoms with Crippen LogP contribution in [0.3, 0.4) is 0 Å². The van der Waals surface area contributed by atoms with Crippen molar-refractivity contribution in [3.63, 3.8) is 0 Å². The van der Waals surface area contributed by atoms with Gasteiger partial charge in [-0.3, -0.25) is 9.80 Å². The molecule has 1 fully saturated rings. The highest BCUT2D eigenvalue weighted by molar-refractivity contribution is 5.49. The second kappa shape index (κ2) is 11.5. The molecule has 2 aliphatic rings. The normalized spacial score (nSPS) is 19.6. The molecule has 7 heteroatoms. The van der Waals surface area contributed by atoms with Gasteiger partial charge in [0, 0.05) is 44.2 Å². The van der Waals surface area contributed by atoms with E-state index in [9.17, 15) is 5.26 Å². The maximum atomic E-state index is 9.59. The van der Waals surface area contributed by atoms with Crippen molar-refractivity contribution in [2.75, 3.05) is 32.7 Å². The molecular formula is C30H33N7. The Morgan fingerprint density at radius 3 is 2.51 bits per heavy atom. The molecule has 0 spiro atoms. The number of aryl methyl sites for hydroxylation is 2. The number of hydrogen-bond donors (Lipinski definition) is 0. The van der Waals surface area contributed by atoms with Crippen LogP contribution in [0.15, 0.2) is 78.4 Å². The summed E-state index contributed by atoms with van der Waals surface area (Å²) in [7, 11) is 0. The van der Waals surface area contributed by atoms with Crippen LogP contribution in [0, 0.1) is 31.1 Å². The highest BCUT2D eigenvalue weighted by Crippen LogP contribution is 2.36. The SMILES string of the molecule is Cc1cccc(C)c1-n1nnnc1[C@H](C1C=C(C#N)C=CC1)N1CCN(C/C=C/c2ccccc2)CC1. The molecule has 37 heavy (non-hydrogen) atoms. The van der Waals surface area contributed by atoms with Crippen LogP contribution in [-0.2, 0) is 0 Å². The third-order valence-corrected chi connectivity index (χ3v) is 7.32. The number of hydrogen-bond acceptors (Lipinski definition) is 6. The molecule has 2 atom stereocenters. The summed E-state index contributed by atoms with van der Waals surface area (Å²) in [5.74, 6) is 0.960. The molecule has 2 heterocycles. The fraction of sp³-hybridized carbons (Fsp3) is 0.333. The predicted molar refractivity (Wildman–Crippen MR) is 146 cm³/mol. The smallest absolute Gasteiger partial charge is 0.174 e. The summed E-state index contributed by atoms with van der Waals surface area (Å²) >= 11 is 0. The number of benzene rings is 2. The molecule has 188 valence electrons. The van der Waals surface area contributed by atoms with E-state index in [2.05, 4.69) is 112 Å². The van der Waals surface area contributed by atoms with Crippen molar-refractivity contribution >= 4 is 6.08 Å². The van der Waals surface area contributed by atoms with E-state index in [0.717, 1.165) is 61.8 Å². The first kappa shape index (κ1) is 24.8. The summed E-state index contributed by atoms with van der Waals surface area (Å²) in [4.78, 5) is 4.99. The molecule has 0 bridgehead atoms. The van der Waals surface area contributed by atoms with Crippen LogP contribution in [0.5, 0.6) is 0 Å². The van der Waals surface area contributed by atoms with Crippen LogP contribution in [-0.4, -0.2) is 62.7 Å². The Morgan fingerprint density at radius 2 is 1.78 bits per heavy atom. The zero-order valence-corrected chi connectivity index (χ0v) is 21.5. The summed E-state index contributed by atoms with van der Waals surface area (Å²) in [5, 5.41) is 22.7. The van der Waals surface area contributed by atoms with E-state index in [1.54, 1.807) is 0 Å². The molecule has 1 aromatic heterocycles. The number of nitrogens with zero attached hydrogens (tertiary/aromatic N) is 7. The van der Waals surface area contributed by atoms with E-state index in [1.165, 1.54) is 5.56 Å². The number of rotatable bonds is 7. The number of allylic oxidation sites excluding steroid dienone is 3. The molecule has 0 radical (unpaired) electrons. The Morgan fingerprint density at radius 1 is 1.03 bits per heavy atom. The van der Waals surface area contributed by atoms with Crippen molar-refractivity contribution in [1.29, 1.82) is 5.26 Å². The Bertz CT molecular complexity index is 1320. The number of piperazine rings is 1. The maximum absolute atomic E-state index is 9.59. The number of aromatic nitrogens is 4. The second-order valence-electron chi connectivity index (χ2n) is 9.82. The van der Waals surface area contributed by atoms with E-state index in [4.69, 9.17) is 0 Å². The summed E-state index contributed by atoms with van der Waals surface area (Å²) < 4.78 is 1.92. The minimum Gasteiger partial charge on any atom is -0.297 e. The highest BCUT2D eigenvalue weighted by atomic mass is 15.6. The average Bonchev–Trinajstić information content (AvgIpc) is 3.39. The van der Waals surface area contributed by atoms with Crippen molar-refractivity contribution in [2.45, 2.75) is 26.3 Å². The van der Waals surface area contributed by atoms with Crippen LogP contribution in [0.4, 0.5) is 0 Å². The molecule has 1 saturated heterocycles. The van der Waals surface area contributed by atoms with Gasteiger partial charge >= 0.3 is 0 Å². The second-order valence-corrected chi connectivity index (χ2v) is 9.82. The van der Waals surface area contributed by atoms with Gasteiger partial charge in [-0.1, -0.05) is 72.8 Å². The Labute approximate surface area is 219 Å². The van der Waals surface area contributed by atoms with Gasteiger partial charge in [0.1, 0.15) is 0 Å². The lowest BCUT2D eigenvalue weighted by molar-refractivity contribution is 0.0785. The van der Waals surface area contributed by atoms with Gasteiger partial charge in [-0.2, -0.15) is 9.94 Å². The first-order valence-electron chi connectivity index (χ1n) is 13.0. The molecule has 1 aliphatic heterocycles. The quantitative estimate of drug-likeness (QED) is 0.478. The van der Waals surface area contributed by atoms with E-state index in [1.807, 2.05) is 16.8 Å². The Hall–Kier alpha value is -3.86. The third-order valence-electron chi connectivity index (χ3n) is 7.32. The van der Waals surface area contributed by atoms with Crippen molar-refractivity contribution < 1.29 is 0 Å². The summed E-state index contributed by atoms with van der Waals surface area (Å²) in [5.41, 5.74) is 5.24.